The molecule has 3 rings (SSSR count). The molecule has 2 aromatic rings. The Kier molecular flexibility index (Phi) is 4.83. The van der Waals surface area contributed by atoms with Crippen LogP contribution in [0.4, 0.5) is 5.13 Å². The number of aromatic nitrogens is 1. The number of ether oxygens (including phenoxy) is 2. The van der Waals surface area contributed by atoms with Crippen LogP contribution in [0.5, 0.6) is 11.5 Å². The van der Waals surface area contributed by atoms with Gasteiger partial charge in [-0.2, -0.15) is 0 Å². The normalized spacial score (nSPS) is 18.3. The van der Waals surface area contributed by atoms with Crippen LogP contribution in [-0.2, 0) is 0 Å². The van der Waals surface area contributed by atoms with Gasteiger partial charge in [-0.25, -0.2) is 4.98 Å². The lowest BCUT2D eigenvalue weighted by Gasteiger charge is -2.32. The lowest BCUT2D eigenvalue weighted by atomic mass is 9.99. The number of piperidine rings is 1. The van der Waals surface area contributed by atoms with Gasteiger partial charge in [0.05, 0.1) is 19.4 Å². The minimum atomic E-state index is 0.556. The highest BCUT2D eigenvalue weighted by molar-refractivity contribution is 7.13. The molecule has 0 spiro atoms. The van der Waals surface area contributed by atoms with E-state index in [0.29, 0.717) is 5.92 Å². The first kappa shape index (κ1) is 15.2. The minimum absolute atomic E-state index is 0.556. The van der Waals surface area contributed by atoms with Crippen LogP contribution in [-0.4, -0.2) is 31.8 Å². The van der Waals surface area contributed by atoms with Crippen molar-refractivity contribution in [3.05, 3.63) is 35.3 Å². The Bertz CT molecular complexity index is 597. The molecule has 1 saturated heterocycles. The third-order valence-electron chi connectivity index (χ3n) is 3.94. The molecule has 1 aromatic carbocycles. The van der Waals surface area contributed by atoms with E-state index >= 15 is 0 Å². The highest BCUT2D eigenvalue weighted by atomic mass is 32.1. The molecule has 0 radical (unpaired) electrons. The van der Waals surface area contributed by atoms with Crippen LogP contribution in [0.15, 0.2) is 29.6 Å². The summed E-state index contributed by atoms with van der Waals surface area (Å²) in [6.45, 7) is 4.94. The molecule has 1 aliphatic rings. The minimum Gasteiger partial charge on any atom is -0.497 e. The van der Waals surface area contributed by atoms with Crippen LogP contribution < -0.4 is 14.4 Å². The molecule has 5 heteroatoms. The van der Waals surface area contributed by atoms with E-state index in [1.807, 2.05) is 31.2 Å². The Hall–Kier alpha value is -1.75. The van der Waals surface area contributed by atoms with Crippen molar-refractivity contribution in [2.45, 2.75) is 19.8 Å². The van der Waals surface area contributed by atoms with Crippen molar-refractivity contribution in [3.63, 3.8) is 0 Å². The Morgan fingerprint density at radius 1 is 1.27 bits per heavy atom. The van der Waals surface area contributed by atoms with Crippen LogP contribution in [0.3, 0.4) is 0 Å². The molecule has 1 fully saturated rings. The first-order valence-electron chi connectivity index (χ1n) is 7.68. The number of nitrogens with zero attached hydrogens (tertiary/aromatic N) is 2. The number of hydrogen-bond acceptors (Lipinski definition) is 5. The van der Waals surface area contributed by atoms with Crippen LogP contribution in [0.1, 0.15) is 18.5 Å². The van der Waals surface area contributed by atoms with Crippen LogP contribution in [0.2, 0.25) is 0 Å². The first-order chi connectivity index (χ1) is 10.7. The van der Waals surface area contributed by atoms with Crippen LogP contribution in [0.25, 0.3) is 0 Å². The van der Waals surface area contributed by atoms with Crippen molar-refractivity contribution in [1.82, 2.24) is 4.98 Å². The Morgan fingerprint density at radius 3 is 2.73 bits per heavy atom. The average Bonchev–Trinajstić information content (AvgIpc) is 3.00. The smallest absolute Gasteiger partial charge is 0.185 e. The molecule has 1 unspecified atom stereocenters. The fourth-order valence-corrected chi connectivity index (χ4v) is 3.59. The van der Waals surface area contributed by atoms with Gasteiger partial charge in [-0.05, 0) is 44.0 Å². The number of methoxy groups -OCH3 is 1. The quantitative estimate of drug-likeness (QED) is 0.841. The monoisotopic (exact) mass is 318 g/mol. The molecule has 4 nitrogen and oxygen atoms in total. The topological polar surface area (TPSA) is 34.6 Å². The summed E-state index contributed by atoms with van der Waals surface area (Å²) >= 11 is 1.74. The maximum atomic E-state index is 5.94. The maximum absolute atomic E-state index is 5.94. The summed E-state index contributed by atoms with van der Waals surface area (Å²) in [5.74, 6) is 2.32. The van der Waals surface area contributed by atoms with Crippen LogP contribution in [0, 0.1) is 12.8 Å². The van der Waals surface area contributed by atoms with E-state index in [4.69, 9.17) is 9.47 Å². The summed E-state index contributed by atoms with van der Waals surface area (Å²) in [4.78, 5) is 6.99. The van der Waals surface area contributed by atoms with Gasteiger partial charge in [-0.1, -0.05) is 0 Å². The summed E-state index contributed by atoms with van der Waals surface area (Å²) in [6, 6.07) is 7.79. The average molecular weight is 318 g/mol. The van der Waals surface area contributed by atoms with Crippen molar-refractivity contribution in [2.24, 2.45) is 5.92 Å². The third-order valence-corrected chi connectivity index (χ3v) is 4.96. The molecular formula is C17H22N2O2S. The van der Waals surface area contributed by atoms with Crippen molar-refractivity contribution in [2.75, 3.05) is 31.7 Å². The number of benzene rings is 1. The van der Waals surface area contributed by atoms with Gasteiger partial charge >= 0.3 is 0 Å². The summed E-state index contributed by atoms with van der Waals surface area (Å²) < 4.78 is 11.1. The van der Waals surface area contributed by atoms with E-state index in [1.165, 1.54) is 12.8 Å². The fraction of sp³-hybridized carbons (Fsp3) is 0.471. The van der Waals surface area contributed by atoms with E-state index < -0.39 is 0 Å². The van der Waals surface area contributed by atoms with E-state index in [1.54, 1.807) is 18.4 Å². The number of rotatable bonds is 5. The fourth-order valence-electron chi connectivity index (χ4n) is 2.75. The van der Waals surface area contributed by atoms with Gasteiger partial charge < -0.3 is 14.4 Å². The largest absolute Gasteiger partial charge is 0.497 e. The Labute approximate surface area is 135 Å². The second-order valence-electron chi connectivity index (χ2n) is 5.71. The van der Waals surface area contributed by atoms with E-state index in [0.717, 1.165) is 42.0 Å². The lowest BCUT2D eigenvalue weighted by Crippen LogP contribution is -2.37. The summed E-state index contributed by atoms with van der Waals surface area (Å²) in [5, 5.41) is 3.26. The van der Waals surface area contributed by atoms with Gasteiger partial charge in [0.15, 0.2) is 5.13 Å². The van der Waals surface area contributed by atoms with E-state index in [9.17, 15) is 0 Å². The van der Waals surface area contributed by atoms with Gasteiger partial charge in [0.25, 0.3) is 0 Å². The van der Waals surface area contributed by atoms with Crippen molar-refractivity contribution >= 4 is 16.5 Å². The number of aryl methyl sites for hydroxylation is 1. The highest BCUT2D eigenvalue weighted by Gasteiger charge is 2.22. The Morgan fingerprint density at radius 2 is 2.05 bits per heavy atom. The molecule has 0 N–H and O–H groups in total. The molecular weight excluding hydrogens is 296 g/mol. The molecule has 22 heavy (non-hydrogen) atoms. The molecule has 0 amide bonds. The predicted octanol–water partition coefficient (Wildman–Crippen LogP) is 3.76. The zero-order valence-electron chi connectivity index (χ0n) is 13.1. The van der Waals surface area contributed by atoms with Crippen molar-refractivity contribution in [3.8, 4) is 11.5 Å². The summed E-state index contributed by atoms with van der Waals surface area (Å²) in [7, 11) is 1.67. The molecule has 2 heterocycles. The summed E-state index contributed by atoms with van der Waals surface area (Å²) in [6.07, 6.45) is 2.42. The molecule has 0 bridgehead atoms. The zero-order chi connectivity index (χ0) is 15.4. The molecule has 1 aromatic heterocycles. The van der Waals surface area contributed by atoms with E-state index in [-0.39, 0.29) is 0 Å². The molecule has 1 atom stereocenters. The van der Waals surface area contributed by atoms with E-state index in [2.05, 4.69) is 15.3 Å². The van der Waals surface area contributed by atoms with Gasteiger partial charge in [0.2, 0.25) is 0 Å². The van der Waals surface area contributed by atoms with Gasteiger partial charge in [-0.15, -0.1) is 11.3 Å². The molecule has 0 aliphatic carbocycles. The van der Waals surface area contributed by atoms with Crippen molar-refractivity contribution in [1.29, 1.82) is 0 Å². The summed E-state index contributed by atoms with van der Waals surface area (Å²) in [5.41, 5.74) is 1.11. The number of thiazole rings is 1. The Balaban J connectivity index is 1.53. The third kappa shape index (κ3) is 3.71. The SMILES string of the molecule is COc1ccc(OCC2CCCN(c3nc(C)cs3)C2)cc1. The number of anilines is 1. The number of hydrogen-bond donors (Lipinski definition) is 0. The van der Waals surface area contributed by atoms with Gasteiger partial charge in [0, 0.05) is 24.4 Å². The first-order valence-corrected chi connectivity index (χ1v) is 8.56. The molecule has 1 aliphatic heterocycles. The molecule has 118 valence electrons. The second-order valence-corrected chi connectivity index (χ2v) is 6.55. The van der Waals surface area contributed by atoms with Crippen LogP contribution >= 0.6 is 11.3 Å². The maximum Gasteiger partial charge on any atom is 0.185 e. The highest BCUT2D eigenvalue weighted by Crippen LogP contribution is 2.27. The predicted molar refractivity (Wildman–Crippen MR) is 90.3 cm³/mol. The van der Waals surface area contributed by atoms with Gasteiger partial charge in [-0.3, -0.25) is 0 Å². The molecule has 0 saturated carbocycles. The second kappa shape index (κ2) is 7.01. The zero-order valence-corrected chi connectivity index (χ0v) is 13.9. The lowest BCUT2D eigenvalue weighted by molar-refractivity contribution is 0.228. The van der Waals surface area contributed by atoms with Crippen molar-refractivity contribution < 1.29 is 9.47 Å². The van der Waals surface area contributed by atoms with Gasteiger partial charge in [0.1, 0.15) is 11.5 Å². The standard InChI is InChI=1S/C17H22N2O2S/c1-13-12-22-17(18-13)19-9-3-4-14(10-19)11-21-16-7-5-15(20-2)6-8-16/h5-8,12,14H,3-4,9-11H2,1-2H3.